The Morgan fingerprint density at radius 2 is 1.90 bits per heavy atom. The molecule has 0 saturated heterocycles. The summed E-state index contributed by atoms with van der Waals surface area (Å²) in [5.41, 5.74) is -0.462. The highest BCUT2D eigenvalue weighted by molar-refractivity contribution is 7.10. The van der Waals surface area contributed by atoms with Crippen molar-refractivity contribution in [3.8, 4) is 0 Å². The number of hydrogen-bond donors (Lipinski definition) is 2. The Bertz CT molecular complexity index is 540. The van der Waals surface area contributed by atoms with E-state index in [1.54, 1.807) is 12.1 Å². The zero-order valence-electron chi connectivity index (χ0n) is 10.5. The third kappa shape index (κ3) is 3.82. The van der Waals surface area contributed by atoms with Crippen LogP contribution in [0.3, 0.4) is 0 Å². The first-order valence-corrected chi connectivity index (χ1v) is 6.93. The van der Waals surface area contributed by atoms with Gasteiger partial charge in [0.15, 0.2) is 0 Å². The minimum atomic E-state index is -4.36. The maximum absolute atomic E-state index is 12.8. The third-order valence-electron chi connectivity index (χ3n) is 2.85. The van der Waals surface area contributed by atoms with Crippen LogP contribution in [0.4, 0.5) is 13.2 Å². The first-order valence-electron chi connectivity index (χ1n) is 6.06. The molecule has 2 aromatic rings. The van der Waals surface area contributed by atoms with Gasteiger partial charge in [0.1, 0.15) is 6.10 Å². The van der Waals surface area contributed by atoms with Crippen molar-refractivity contribution in [2.45, 2.75) is 18.8 Å². The second-order valence-corrected chi connectivity index (χ2v) is 5.30. The molecule has 1 heterocycles. The molecule has 2 rings (SSSR count). The SMILES string of the molecule is OC(CNCc1ccccc1C(F)(F)F)c1cccs1. The molecule has 0 aliphatic heterocycles. The highest BCUT2D eigenvalue weighted by Gasteiger charge is 2.32. The molecule has 1 unspecified atom stereocenters. The lowest BCUT2D eigenvalue weighted by molar-refractivity contribution is -0.138. The van der Waals surface area contributed by atoms with Crippen LogP contribution >= 0.6 is 11.3 Å². The van der Waals surface area contributed by atoms with Crippen molar-refractivity contribution in [1.29, 1.82) is 0 Å². The average Bonchev–Trinajstić information content (AvgIpc) is 2.92. The number of halogens is 3. The first kappa shape index (κ1) is 15.0. The first-order chi connectivity index (χ1) is 9.48. The van der Waals surface area contributed by atoms with Gasteiger partial charge in [0.05, 0.1) is 5.56 Å². The van der Waals surface area contributed by atoms with E-state index < -0.39 is 17.8 Å². The summed E-state index contributed by atoms with van der Waals surface area (Å²) in [6, 6.07) is 9.05. The van der Waals surface area contributed by atoms with Crippen LogP contribution in [0.2, 0.25) is 0 Å². The molecule has 0 amide bonds. The number of nitrogens with one attached hydrogen (secondary N) is 1. The van der Waals surface area contributed by atoms with Gasteiger partial charge >= 0.3 is 6.18 Å². The molecule has 0 aliphatic rings. The van der Waals surface area contributed by atoms with Crippen molar-refractivity contribution in [2.24, 2.45) is 0 Å². The molecule has 1 aromatic heterocycles. The van der Waals surface area contributed by atoms with Crippen LogP contribution in [0.15, 0.2) is 41.8 Å². The lowest BCUT2D eigenvalue weighted by atomic mass is 10.1. The topological polar surface area (TPSA) is 32.3 Å². The lowest BCUT2D eigenvalue weighted by Crippen LogP contribution is -2.22. The molecule has 0 aliphatic carbocycles. The molecule has 108 valence electrons. The van der Waals surface area contributed by atoms with Crippen LogP contribution in [0.5, 0.6) is 0 Å². The number of aliphatic hydroxyl groups is 1. The minimum Gasteiger partial charge on any atom is -0.386 e. The molecule has 0 saturated carbocycles. The Hall–Kier alpha value is -1.37. The number of thiophene rings is 1. The van der Waals surface area contributed by atoms with Gasteiger partial charge in [-0.3, -0.25) is 0 Å². The molecule has 0 bridgehead atoms. The zero-order valence-corrected chi connectivity index (χ0v) is 11.3. The monoisotopic (exact) mass is 301 g/mol. The number of aliphatic hydroxyl groups excluding tert-OH is 1. The van der Waals surface area contributed by atoms with E-state index in [4.69, 9.17) is 0 Å². The Labute approximate surface area is 118 Å². The Kier molecular flexibility index (Phi) is 4.80. The minimum absolute atomic E-state index is 0.0676. The summed E-state index contributed by atoms with van der Waals surface area (Å²) in [4.78, 5) is 0.793. The van der Waals surface area contributed by atoms with Gasteiger partial charge in [-0.2, -0.15) is 13.2 Å². The predicted octanol–water partition coefficient (Wildman–Crippen LogP) is 3.59. The van der Waals surface area contributed by atoms with Crippen molar-refractivity contribution in [1.82, 2.24) is 5.32 Å². The van der Waals surface area contributed by atoms with Gasteiger partial charge in [-0.15, -0.1) is 11.3 Å². The summed E-state index contributed by atoms with van der Waals surface area (Å²) < 4.78 is 38.3. The summed E-state index contributed by atoms with van der Waals surface area (Å²) in [5.74, 6) is 0. The highest BCUT2D eigenvalue weighted by atomic mass is 32.1. The Morgan fingerprint density at radius 1 is 1.15 bits per heavy atom. The number of hydrogen-bond acceptors (Lipinski definition) is 3. The largest absolute Gasteiger partial charge is 0.416 e. The summed E-state index contributed by atoms with van der Waals surface area (Å²) in [6.07, 6.45) is -5.06. The normalized spacial score (nSPS) is 13.4. The number of benzene rings is 1. The van der Waals surface area contributed by atoms with E-state index in [9.17, 15) is 18.3 Å². The van der Waals surface area contributed by atoms with E-state index in [0.717, 1.165) is 10.9 Å². The molecular formula is C14H14F3NOS. The van der Waals surface area contributed by atoms with Crippen molar-refractivity contribution in [3.05, 3.63) is 57.8 Å². The number of rotatable bonds is 5. The molecule has 2 N–H and O–H groups in total. The summed E-state index contributed by atoms with van der Waals surface area (Å²) in [5, 5.41) is 14.5. The Morgan fingerprint density at radius 3 is 2.55 bits per heavy atom. The fourth-order valence-electron chi connectivity index (χ4n) is 1.88. The molecule has 0 spiro atoms. The Balaban J connectivity index is 1.95. The van der Waals surface area contributed by atoms with Gasteiger partial charge in [0.2, 0.25) is 0 Å². The second-order valence-electron chi connectivity index (χ2n) is 4.32. The van der Waals surface area contributed by atoms with E-state index in [1.807, 2.05) is 11.4 Å². The van der Waals surface area contributed by atoms with Gasteiger partial charge in [0, 0.05) is 18.0 Å². The van der Waals surface area contributed by atoms with E-state index in [0.29, 0.717) is 0 Å². The van der Waals surface area contributed by atoms with Crippen LogP contribution in [0.25, 0.3) is 0 Å². The maximum atomic E-state index is 12.8. The maximum Gasteiger partial charge on any atom is 0.416 e. The second kappa shape index (κ2) is 6.39. The van der Waals surface area contributed by atoms with Crippen LogP contribution in [-0.4, -0.2) is 11.7 Å². The average molecular weight is 301 g/mol. The van der Waals surface area contributed by atoms with E-state index in [-0.39, 0.29) is 18.7 Å². The van der Waals surface area contributed by atoms with Gasteiger partial charge < -0.3 is 10.4 Å². The van der Waals surface area contributed by atoms with Crippen LogP contribution in [-0.2, 0) is 12.7 Å². The van der Waals surface area contributed by atoms with Gasteiger partial charge in [-0.25, -0.2) is 0 Å². The van der Waals surface area contributed by atoms with Gasteiger partial charge in [-0.05, 0) is 23.1 Å². The van der Waals surface area contributed by atoms with E-state index >= 15 is 0 Å². The molecule has 20 heavy (non-hydrogen) atoms. The van der Waals surface area contributed by atoms with Gasteiger partial charge in [-0.1, -0.05) is 24.3 Å². The fourth-order valence-corrected chi connectivity index (χ4v) is 2.59. The van der Waals surface area contributed by atoms with Crippen LogP contribution in [0, 0.1) is 0 Å². The lowest BCUT2D eigenvalue weighted by Gasteiger charge is -2.14. The molecule has 0 fully saturated rings. The van der Waals surface area contributed by atoms with Crippen molar-refractivity contribution >= 4 is 11.3 Å². The summed E-state index contributed by atoms with van der Waals surface area (Å²) >= 11 is 1.41. The standard InChI is InChI=1S/C14H14F3NOS/c15-14(16,17)11-5-2-1-4-10(11)8-18-9-12(19)13-6-3-7-20-13/h1-7,12,18-19H,8-9H2. The van der Waals surface area contributed by atoms with Crippen LogP contribution in [0.1, 0.15) is 22.1 Å². The summed E-state index contributed by atoms with van der Waals surface area (Å²) in [7, 11) is 0. The van der Waals surface area contributed by atoms with Crippen LogP contribution < -0.4 is 5.32 Å². The molecule has 2 nitrogen and oxygen atoms in total. The van der Waals surface area contributed by atoms with Crippen molar-refractivity contribution < 1.29 is 18.3 Å². The summed E-state index contributed by atoms with van der Waals surface area (Å²) in [6.45, 7) is 0.283. The highest BCUT2D eigenvalue weighted by Crippen LogP contribution is 2.31. The molecule has 1 atom stereocenters. The predicted molar refractivity (Wildman–Crippen MR) is 72.4 cm³/mol. The van der Waals surface area contributed by atoms with Crippen molar-refractivity contribution in [2.75, 3.05) is 6.54 Å². The zero-order chi connectivity index (χ0) is 14.6. The van der Waals surface area contributed by atoms with Gasteiger partial charge in [0.25, 0.3) is 0 Å². The van der Waals surface area contributed by atoms with Crippen molar-refractivity contribution in [3.63, 3.8) is 0 Å². The molecule has 6 heteroatoms. The third-order valence-corrected chi connectivity index (χ3v) is 3.82. The fraction of sp³-hybridized carbons (Fsp3) is 0.286. The smallest absolute Gasteiger partial charge is 0.386 e. The quantitative estimate of drug-likeness (QED) is 0.884. The molecular weight excluding hydrogens is 287 g/mol. The molecule has 1 aromatic carbocycles. The molecule has 0 radical (unpaired) electrons. The van der Waals surface area contributed by atoms with E-state index in [2.05, 4.69) is 5.32 Å². The van der Waals surface area contributed by atoms with E-state index in [1.165, 1.54) is 23.5 Å². The number of alkyl halides is 3.